The van der Waals surface area contributed by atoms with Crippen LogP contribution in [0.1, 0.15) is 12.8 Å². The predicted octanol–water partition coefficient (Wildman–Crippen LogP) is 3.00. The molecule has 124 valence electrons. The highest BCUT2D eigenvalue weighted by Gasteiger charge is 2.33. The van der Waals surface area contributed by atoms with Gasteiger partial charge in [-0.15, -0.1) is 5.06 Å². The largest absolute Gasteiger partial charge is 0.436 e. The summed E-state index contributed by atoms with van der Waals surface area (Å²) in [7, 11) is 0. The van der Waals surface area contributed by atoms with E-state index < -0.39 is 17.9 Å². The third-order valence-corrected chi connectivity index (χ3v) is 3.99. The van der Waals surface area contributed by atoms with Gasteiger partial charge in [-0.1, -0.05) is 36.4 Å². The van der Waals surface area contributed by atoms with E-state index in [1.807, 2.05) is 48.5 Å². The fourth-order valence-corrected chi connectivity index (χ4v) is 2.84. The maximum Gasteiger partial charge on any atom is 0.436 e. The number of anilines is 1. The molecule has 1 aliphatic heterocycles. The predicted molar refractivity (Wildman–Crippen MR) is 90.4 cm³/mol. The van der Waals surface area contributed by atoms with E-state index >= 15 is 0 Å². The number of nitrogens with zero attached hydrogens (tertiary/aromatic N) is 2. The second-order valence-corrected chi connectivity index (χ2v) is 5.61. The van der Waals surface area contributed by atoms with Crippen molar-refractivity contribution in [2.24, 2.45) is 0 Å². The fraction of sp³-hybridized carbons (Fsp3) is 0.111. The first-order valence-electron chi connectivity index (χ1n) is 7.76. The standard InChI is InChI=1S/C18H13N3O4/c22-15-9-10-16(23)21(15)25-18(24)20-17-11-5-1-3-7-13(11)19-14-8-4-2-6-12(14)17/h1-8H,9-10H2,(H,19,20,24). The summed E-state index contributed by atoms with van der Waals surface area (Å²) < 4.78 is 0. The van der Waals surface area contributed by atoms with Gasteiger partial charge in [0.2, 0.25) is 0 Å². The average molecular weight is 335 g/mol. The molecule has 4 rings (SSSR count). The molecule has 0 saturated carbocycles. The van der Waals surface area contributed by atoms with Gasteiger partial charge in [-0.2, -0.15) is 0 Å². The van der Waals surface area contributed by atoms with Crippen LogP contribution in [0.25, 0.3) is 21.8 Å². The van der Waals surface area contributed by atoms with Crippen LogP contribution in [0.5, 0.6) is 0 Å². The number of amides is 3. The Bertz CT molecular complexity index is 961. The number of pyridine rings is 1. The van der Waals surface area contributed by atoms with Crippen molar-refractivity contribution in [2.75, 3.05) is 5.32 Å². The molecule has 1 aliphatic rings. The van der Waals surface area contributed by atoms with Crippen LogP contribution < -0.4 is 5.32 Å². The van der Waals surface area contributed by atoms with Gasteiger partial charge in [0.25, 0.3) is 11.8 Å². The molecule has 2 heterocycles. The maximum atomic E-state index is 12.2. The van der Waals surface area contributed by atoms with Crippen LogP contribution in [-0.4, -0.2) is 28.0 Å². The van der Waals surface area contributed by atoms with Crippen LogP contribution >= 0.6 is 0 Å². The number of para-hydroxylation sites is 2. The van der Waals surface area contributed by atoms with Crippen molar-refractivity contribution in [3.05, 3.63) is 48.5 Å². The highest BCUT2D eigenvalue weighted by atomic mass is 16.7. The lowest BCUT2D eigenvalue weighted by atomic mass is 10.1. The summed E-state index contributed by atoms with van der Waals surface area (Å²) in [6, 6.07) is 14.7. The summed E-state index contributed by atoms with van der Waals surface area (Å²) in [4.78, 5) is 44.9. The fourth-order valence-electron chi connectivity index (χ4n) is 2.84. The van der Waals surface area contributed by atoms with Crippen molar-refractivity contribution < 1.29 is 19.2 Å². The monoisotopic (exact) mass is 335 g/mol. The minimum absolute atomic E-state index is 0.0488. The number of hydrogen-bond acceptors (Lipinski definition) is 5. The Morgan fingerprint density at radius 1 is 0.920 bits per heavy atom. The lowest BCUT2D eigenvalue weighted by molar-refractivity contribution is -0.170. The SMILES string of the molecule is O=C(Nc1c2ccccc2nc2ccccc12)ON1C(=O)CCC1=O. The van der Waals surface area contributed by atoms with E-state index in [-0.39, 0.29) is 12.8 Å². The smallest absolute Gasteiger partial charge is 0.311 e. The zero-order chi connectivity index (χ0) is 17.4. The molecule has 0 atom stereocenters. The van der Waals surface area contributed by atoms with Gasteiger partial charge in [-0.25, -0.2) is 9.78 Å². The van der Waals surface area contributed by atoms with E-state index in [1.165, 1.54) is 0 Å². The molecule has 1 saturated heterocycles. The van der Waals surface area contributed by atoms with Crippen molar-refractivity contribution in [1.82, 2.24) is 10.0 Å². The normalized spacial score (nSPS) is 14.3. The number of nitrogens with one attached hydrogen (secondary N) is 1. The van der Waals surface area contributed by atoms with Crippen molar-refractivity contribution in [3.8, 4) is 0 Å². The number of rotatable bonds is 2. The summed E-state index contributed by atoms with van der Waals surface area (Å²) in [6.07, 6.45) is -0.800. The van der Waals surface area contributed by atoms with E-state index in [1.54, 1.807) is 0 Å². The summed E-state index contributed by atoms with van der Waals surface area (Å²) >= 11 is 0. The molecule has 3 amide bonds. The molecule has 7 heteroatoms. The minimum atomic E-state index is -0.898. The Morgan fingerprint density at radius 2 is 1.44 bits per heavy atom. The summed E-state index contributed by atoms with van der Waals surface area (Å²) in [6.45, 7) is 0. The van der Waals surface area contributed by atoms with E-state index in [0.717, 1.165) is 10.8 Å². The Morgan fingerprint density at radius 3 is 2.00 bits per heavy atom. The van der Waals surface area contributed by atoms with Crippen molar-refractivity contribution in [2.45, 2.75) is 12.8 Å². The lowest BCUT2D eigenvalue weighted by Gasteiger charge is -2.15. The van der Waals surface area contributed by atoms with E-state index in [9.17, 15) is 14.4 Å². The highest BCUT2D eigenvalue weighted by Crippen LogP contribution is 2.30. The van der Waals surface area contributed by atoms with E-state index in [2.05, 4.69) is 10.3 Å². The molecule has 7 nitrogen and oxygen atoms in total. The van der Waals surface area contributed by atoms with Gasteiger partial charge in [0, 0.05) is 23.6 Å². The average Bonchev–Trinajstić information content (AvgIpc) is 2.93. The molecule has 25 heavy (non-hydrogen) atoms. The first-order valence-corrected chi connectivity index (χ1v) is 7.76. The molecule has 2 aromatic carbocycles. The van der Waals surface area contributed by atoms with Crippen molar-refractivity contribution >= 4 is 45.4 Å². The van der Waals surface area contributed by atoms with Gasteiger partial charge >= 0.3 is 6.09 Å². The van der Waals surface area contributed by atoms with Gasteiger partial charge in [-0.3, -0.25) is 14.9 Å². The van der Waals surface area contributed by atoms with Gasteiger partial charge in [0.05, 0.1) is 16.7 Å². The third kappa shape index (κ3) is 2.65. The second kappa shape index (κ2) is 5.86. The quantitative estimate of drug-likeness (QED) is 0.574. The van der Waals surface area contributed by atoms with E-state index in [0.29, 0.717) is 21.8 Å². The van der Waals surface area contributed by atoms with Crippen molar-refractivity contribution in [3.63, 3.8) is 0 Å². The molecule has 3 aromatic rings. The number of aromatic nitrogens is 1. The van der Waals surface area contributed by atoms with Gasteiger partial charge in [0.15, 0.2) is 0 Å². The maximum absolute atomic E-state index is 12.2. The molecular formula is C18H13N3O4. The Balaban J connectivity index is 1.73. The number of imide groups is 1. The molecule has 0 unspecified atom stereocenters. The first-order chi connectivity index (χ1) is 12.1. The zero-order valence-corrected chi connectivity index (χ0v) is 13.1. The topological polar surface area (TPSA) is 88.6 Å². The Hall–Kier alpha value is -3.48. The number of hydrogen-bond donors (Lipinski definition) is 1. The second-order valence-electron chi connectivity index (χ2n) is 5.61. The molecule has 0 aliphatic carbocycles. The molecule has 1 N–H and O–H groups in total. The number of carbonyl (C=O) groups excluding carboxylic acids is 3. The molecule has 0 radical (unpaired) electrons. The summed E-state index contributed by atoms with van der Waals surface area (Å²) in [5.74, 6) is -1.05. The highest BCUT2D eigenvalue weighted by molar-refractivity contribution is 6.12. The summed E-state index contributed by atoms with van der Waals surface area (Å²) in [5, 5.41) is 4.63. The van der Waals surface area contributed by atoms with Gasteiger partial charge < -0.3 is 4.84 Å². The zero-order valence-electron chi connectivity index (χ0n) is 13.1. The molecule has 0 spiro atoms. The number of carbonyl (C=O) groups is 3. The molecule has 1 aromatic heterocycles. The Labute approximate surface area is 142 Å². The number of benzene rings is 2. The third-order valence-electron chi connectivity index (χ3n) is 3.99. The van der Waals surface area contributed by atoms with Gasteiger partial charge in [-0.05, 0) is 12.1 Å². The minimum Gasteiger partial charge on any atom is -0.311 e. The van der Waals surface area contributed by atoms with Crippen LogP contribution in [0.2, 0.25) is 0 Å². The van der Waals surface area contributed by atoms with Gasteiger partial charge in [0.1, 0.15) is 0 Å². The van der Waals surface area contributed by atoms with Crippen LogP contribution in [0.3, 0.4) is 0 Å². The molecule has 1 fully saturated rings. The summed E-state index contributed by atoms with van der Waals surface area (Å²) in [5.41, 5.74) is 1.94. The molecular weight excluding hydrogens is 322 g/mol. The number of fused-ring (bicyclic) bond motifs is 2. The Kier molecular flexibility index (Phi) is 3.53. The van der Waals surface area contributed by atoms with E-state index in [4.69, 9.17) is 4.84 Å². The van der Waals surface area contributed by atoms with Crippen LogP contribution in [-0.2, 0) is 14.4 Å². The van der Waals surface area contributed by atoms with Crippen LogP contribution in [0.15, 0.2) is 48.5 Å². The lowest BCUT2D eigenvalue weighted by Crippen LogP contribution is -2.34. The first kappa shape index (κ1) is 15.1. The van der Waals surface area contributed by atoms with Crippen LogP contribution in [0.4, 0.5) is 10.5 Å². The molecule has 0 bridgehead atoms. The van der Waals surface area contributed by atoms with Crippen LogP contribution in [0, 0.1) is 0 Å². The number of hydroxylamine groups is 2. The van der Waals surface area contributed by atoms with Crippen molar-refractivity contribution in [1.29, 1.82) is 0 Å².